The summed E-state index contributed by atoms with van der Waals surface area (Å²) in [6, 6.07) is 3.88. The maximum atomic E-state index is 12.9. The van der Waals surface area contributed by atoms with Gasteiger partial charge in [0.1, 0.15) is 0 Å². The van der Waals surface area contributed by atoms with E-state index in [0.29, 0.717) is 12.1 Å². The summed E-state index contributed by atoms with van der Waals surface area (Å²) in [7, 11) is 0. The van der Waals surface area contributed by atoms with Crippen LogP contribution in [-0.4, -0.2) is 18.3 Å². The van der Waals surface area contributed by atoms with Gasteiger partial charge in [-0.3, -0.25) is 0 Å². The Morgan fingerprint density at radius 1 is 1.25 bits per heavy atom. The molecule has 16 heavy (non-hydrogen) atoms. The highest BCUT2D eigenvalue weighted by atomic mass is 19.2. The van der Waals surface area contributed by atoms with E-state index in [1.165, 1.54) is 6.07 Å². The molecule has 1 saturated carbocycles. The van der Waals surface area contributed by atoms with E-state index in [-0.39, 0.29) is 12.0 Å². The minimum Gasteiger partial charge on any atom is -0.396 e. The van der Waals surface area contributed by atoms with Crippen LogP contribution >= 0.6 is 0 Å². The van der Waals surface area contributed by atoms with Crippen molar-refractivity contribution in [2.75, 3.05) is 13.2 Å². The van der Waals surface area contributed by atoms with E-state index in [9.17, 15) is 8.78 Å². The monoisotopic (exact) mass is 227 g/mol. The Balaban J connectivity index is 1.83. The predicted molar refractivity (Wildman–Crippen MR) is 56.8 cm³/mol. The smallest absolute Gasteiger partial charge is 0.159 e. The third kappa shape index (κ3) is 2.57. The number of rotatable bonds is 5. The lowest BCUT2D eigenvalue weighted by molar-refractivity contribution is 0.207. The highest BCUT2D eigenvalue weighted by Gasteiger charge is 2.41. The summed E-state index contributed by atoms with van der Waals surface area (Å²) < 4.78 is 25.5. The van der Waals surface area contributed by atoms with E-state index >= 15 is 0 Å². The van der Waals surface area contributed by atoms with E-state index in [1.54, 1.807) is 6.07 Å². The summed E-state index contributed by atoms with van der Waals surface area (Å²) in [6.45, 7) is 1.42. The molecule has 4 heteroatoms. The Labute approximate surface area is 93.3 Å². The van der Waals surface area contributed by atoms with Crippen LogP contribution in [0.4, 0.5) is 8.78 Å². The number of halogens is 2. The molecular formula is C12H15F2NO. The lowest BCUT2D eigenvalue weighted by atomic mass is 10.1. The number of benzene rings is 1. The number of aliphatic hydroxyl groups excluding tert-OH is 1. The van der Waals surface area contributed by atoms with Crippen LogP contribution in [0.25, 0.3) is 0 Å². The Hall–Kier alpha value is -1.00. The molecule has 2 N–H and O–H groups in total. The van der Waals surface area contributed by atoms with E-state index in [0.717, 1.165) is 25.5 Å². The molecule has 1 aliphatic carbocycles. The maximum Gasteiger partial charge on any atom is 0.159 e. The van der Waals surface area contributed by atoms with Crippen LogP contribution in [0.3, 0.4) is 0 Å². The van der Waals surface area contributed by atoms with Gasteiger partial charge >= 0.3 is 0 Å². The van der Waals surface area contributed by atoms with Crippen molar-refractivity contribution in [3.05, 3.63) is 35.4 Å². The Bertz CT molecular complexity index is 377. The molecule has 0 amide bonds. The second-order valence-corrected chi connectivity index (χ2v) is 4.51. The molecule has 1 aromatic carbocycles. The molecule has 88 valence electrons. The Morgan fingerprint density at radius 3 is 2.56 bits per heavy atom. The van der Waals surface area contributed by atoms with Crippen LogP contribution in [0.1, 0.15) is 18.4 Å². The molecule has 0 saturated heterocycles. The van der Waals surface area contributed by atoms with Crippen molar-refractivity contribution in [2.24, 2.45) is 5.41 Å². The Kier molecular flexibility index (Phi) is 3.21. The summed E-state index contributed by atoms with van der Waals surface area (Å²) in [5.41, 5.74) is 0.756. The fourth-order valence-corrected chi connectivity index (χ4v) is 1.69. The van der Waals surface area contributed by atoms with Crippen molar-refractivity contribution in [1.29, 1.82) is 0 Å². The zero-order chi connectivity index (χ0) is 11.6. The predicted octanol–water partition coefficient (Wildman–Crippen LogP) is 1.83. The third-order valence-electron chi connectivity index (χ3n) is 3.11. The Morgan fingerprint density at radius 2 is 2.00 bits per heavy atom. The van der Waals surface area contributed by atoms with Crippen LogP contribution in [0.2, 0.25) is 0 Å². The quantitative estimate of drug-likeness (QED) is 0.804. The van der Waals surface area contributed by atoms with Gasteiger partial charge < -0.3 is 10.4 Å². The molecule has 0 bridgehead atoms. The standard InChI is InChI=1S/C12H15F2NO/c13-10-2-1-9(5-11(10)14)6-15-7-12(8-16)3-4-12/h1-2,5,15-16H,3-4,6-8H2. The number of aliphatic hydroxyl groups is 1. The summed E-state index contributed by atoms with van der Waals surface area (Å²) in [6.07, 6.45) is 2.07. The van der Waals surface area contributed by atoms with Crippen molar-refractivity contribution in [3.63, 3.8) is 0 Å². The van der Waals surface area contributed by atoms with Gasteiger partial charge in [-0.1, -0.05) is 6.07 Å². The van der Waals surface area contributed by atoms with Crippen LogP contribution in [0.15, 0.2) is 18.2 Å². The van der Waals surface area contributed by atoms with E-state index in [2.05, 4.69) is 5.32 Å². The fourth-order valence-electron chi connectivity index (χ4n) is 1.69. The van der Waals surface area contributed by atoms with Crippen LogP contribution in [0, 0.1) is 17.0 Å². The first-order chi connectivity index (χ1) is 7.65. The average Bonchev–Trinajstić information content (AvgIpc) is 3.04. The van der Waals surface area contributed by atoms with E-state index < -0.39 is 11.6 Å². The SMILES string of the molecule is OCC1(CNCc2ccc(F)c(F)c2)CC1. The highest BCUT2D eigenvalue weighted by Crippen LogP contribution is 2.44. The molecular weight excluding hydrogens is 212 g/mol. The van der Waals surface area contributed by atoms with E-state index in [4.69, 9.17) is 5.11 Å². The maximum absolute atomic E-state index is 12.9. The number of hydrogen-bond acceptors (Lipinski definition) is 2. The molecule has 0 radical (unpaired) electrons. The molecule has 2 rings (SSSR count). The van der Waals surface area contributed by atoms with Gasteiger partial charge in [0, 0.05) is 25.1 Å². The van der Waals surface area contributed by atoms with E-state index in [1.807, 2.05) is 0 Å². The van der Waals surface area contributed by atoms with Crippen LogP contribution < -0.4 is 5.32 Å². The third-order valence-corrected chi connectivity index (χ3v) is 3.11. The van der Waals surface area contributed by atoms with Crippen LogP contribution in [0.5, 0.6) is 0 Å². The zero-order valence-electron chi connectivity index (χ0n) is 8.97. The average molecular weight is 227 g/mol. The highest BCUT2D eigenvalue weighted by molar-refractivity contribution is 5.17. The van der Waals surface area contributed by atoms with Crippen molar-refractivity contribution in [3.8, 4) is 0 Å². The van der Waals surface area contributed by atoms with Gasteiger partial charge in [0.25, 0.3) is 0 Å². The zero-order valence-corrected chi connectivity index (χ0v) is 8.97. The molecule has 0 aromatic heterocycles. The molecule has 1 aromatic rings. The molecule has 0 aliphatic heterocycles. The first-order valence-corrected chi connectivity index (χ1v) is 5.41. The van der Waals surface area contributed by atoms with Crippen molar-refractivity contribution >= 4 is 0 Å². The first-order valence-electron chi connectivity index (χ1n) is 5.41. The molecule has 0 atom stereocenters. The summed E-state index contributed by atoms with van der Waals surface area (Å²) in [4.78, 5) is 0. The van der Waals surface area contributed by atoms with Crippen molar-refractivity contribution in [2.45, 2.75) is 19.4 Å². The molecule has 0 unspecified atom stereocenters. The molecule has 0 heterocycles. The summed E-state index contributed by atoms with van der Waals surface area (Å²) >= 11 is 0. The summed E-state index contributed by atoms with van der Waals surface area (Å²) in [5.74, 6) is -1.64. The van der Waals surface area contributed by atoms with Gasteiger partial charge in [-0.25, -0.2) is 8.78 Å². The van der Waals surface area contributed by atoms with Gasteiger partial charge in [0.2, 0.25) is 0 Å². The van der Waals surface area contributed by atoms with Gasteiger partial charge in [-0.05, 0) is 30.5 Å². The molecule has 1 aliphatic rings. The van der Waals surface area contributed by atoms with Gasteiger partial charge in [0.15, 0.2) is 11.6 Å². The second kappa shape index (κ2) is 4.47. The fraction of sp³-hybridized carbons (Fsp3) is 0.500. The minimum absolute atomic E-state index is 0.0403. The molecule has 1 fully saturated rings. The lowest BCUT2D eigenvalue weighted by Crippen LogP contribution is -2.26. The normalized spacial score (nSPS) is 17.4. The number of nitrogens with one attached hydrogen (secondary N) is 1. The molecule has 2 nitrogen and oxygen atoms in total. The first kappa shape index (κ1) is 11.5. The number of hydrogen-bond donors (Lipinski definition) is 2. The van der Waals surface area contributed by atoms with Gasteiger partial charge in [0.05, 0.1) is 0 Å². The minimum atomic E-state index is -0.822. The van der Waals surface area contributed by atoms with Crippen molar-refractivity contribution < 1.29 is 13.9 Å². The summed E-state index contributed by atoms with van der Waals surface area (Å²) in [5, 5.41) is 12.2. The van der Waals surface area contributed by atoms with Crippen LogP contribution in [-0.2, 0) is 6.54 Å². The largest absolute Gasteiger partial charge is 0.396 e. The van der Waals surface area contributed by atoms with Gasteiger partial charge in [-0.2, -0.15) is 0 Å². The topological polar surface area (TPSA) is 32.3 Å². The molecule has 0 spiro atoms. The second-order valence-electron chi connectivity index (χ2n) is 4.51. The van der Waals surface area contributed by atoms with Gasteiger partial charge in [-0.15, -0.1) is 0 Å². The lowest BCUT2D eigenvalue weighted by Gasteiger charge is -2.12. The van der Waals surface area contributed by atoms with Crippen molar-refractivity contribution in [1.82, 2.24) is 5.32 Å².